The van der Waals surface area contributed by atoms with Crippen LogP contribution in [0, 0.1) is 0 Å². The highest BCUT2D eigenvalue weighted by Gasteiger charge is 2.09. The van der Waals surface area contributed by atoms with E-state index >= 15 is 0 Å². The molecule has 19 heavy (non-hydrogen) atoms. The first-order valence-electron chi connectivity index (χ1n) is 6.27. The number of nitrogens with two attached hydrogens (primary N) is 1. The molecular weight excluding hydrogens is 240 g/mol. The van der Waals surface area contributed by atoms with Gasteiger partial charge >= 0.3 is 0 Å². The van der Waals surface area contributed by atoms with Gasteiger partial charge in [-0.3, -0.25) is 0 Å². The molecule has 0 spiro atoms. The maximum Gasteiger partial charge on any atom is 0.223 e. The molecule has 0 fully saturated rings. The van der Waals surface area contributed by atoms with Crippen molar-refractivity contribution in [1.82, 2.24) is 4.98 Å². The van der Waals surface area contributed by atoms with Gasteiger partial charge in [0.1, 0.15) is 0 Å². The van der Waals surface area contributed by atoms with Gasteiger partial charge in [-0.05, 0) is 30.2 Å². The van der Waals surface area contributed by atoms with E-state index < -0.39 is 0 Å². The molecule has 1 aromatic heterocycles. The highest BCUT2D eigenvalue weighted by atomic mass is 16.5. The monoisotopic (exact) mass is 258 g/mol. The summed E-state index contributed by atoms with van der Waals surface area (Å²) in [6.07, 6.45) is 2.63. The Labute approximate surface area is 113 Å². The average molecular weight is 258 g/mol. The zero-order chi connectivity index (χ0) is 13.7. The molecule has 1 heterocycles. The molecule has 0 aliphatic carbocycles. The van der Waals surface area contributed by atoms with Crippen molar-refractivity contribution in [2.24, 2.45) is 5.73 Å². The van der Waals surface area contributed by atoms with Crippen LogP contribution in [0.3, 0.4) is 0 Å². The van der Waals surface area contributed by atoms with Crippen LogP contribution in [0.15, 0.2) is 36.5 Å². The molecule has 0 saturated heterocycles. The summed E-state index contributed by atoms with van der Waals surface area (Å²) in [6.45, 7) is 2.49. The Morgan fingerprint density at radius 2 is 2.05 bits per heavy atom. The minimum Gasteiger partial charge on any atom is -0.493 e. The van der Waals surface area contributed by atoms with Crippen molar-refractivity contribution < 1.29 is 9.47 Å². The van der Waals surface area contributed by atoms with Gasteiger partial charge in [0, 0.05) is 18.3 Å². The lowest BCUT2D eigenvalue weighted by Gasteiger charge is -2.12. The normalized spacial score (nSPS) is 10.3. The van der Waals surface area contributed by atoms with E-state index in [1.54, 1.807) is 13.3 Å². The van der Waals surface area contributed by atoms with E-state index in [9.17, 15) is 0 Å². The third kappa shape index (κ3) is 3.03. The summed E-state index contributed by atoms with van der Waals surface area (Å²) in [5.41, 5.74) is 7.73. The summed E-state index contributed by atoms with van der Waals surface area (Å²) >= 11 is 0. The number of rotatable bonds is 5. The first kappa shape index (κ1) is 13.4. The Morgan fingerprint density at radius 1 is 1.21 bits per heavy atom. The van der Waals surface area contributed by atoms with Gasteiger partial charge in [-0.2, -0.15) is 0 Å². The lowest BCUT2D eigenvalue weighted by Crippen LogP contribution is -2.01. The van der Waals surface area contributed by atoms with Crippen LogP contribution in [-0.2, 0) is 13.0 Å². The molecule has 0 saturated carbocycles. The Hall–Kier alpha value is -2.07. The van der Waals surface area contributed by atoms with Crippen molar-refractivity contribution in [3.8, 4) is 17.4 Å². The minimum atomic E-state index is 0.387. The van der Waals surface area contributed by atoms with Crippen LogP contribution in [0.1, 0.15) is 18.1 Å². The van der Waals surface area contributed by atoms with Gasteiger partial charge in [0.15, 0.2) is 11.5 Å². The highest BCUT2D eigenvalue weighted by Crippen LogP contribution is 2.32. The van der Waals surface area contributed by atoms with Gasteiger partial charge in [0.25, 0.3) is 0 Å². The molecule has 4 nitrogen and oxygen atoms in total. The van der Waals surface area contributed by atoms with E-state index in [1.807, 2.05) is 30.3 Å². The first-order chi connectivity index (χ1) is 9.28. The van der Waals surface area contributed by atoms with Crippen LogP contribution in [-0.4, -0.2) is 12.1 Å². The summed E-state index contributed by atoms with van der Waals surface area (Å²) in [7, 11) is 1.63. The molecule has 0 radical (unpaired) electrons. The van der Waals surface area contributed by atoms with Crippen molar-refractivity contribution in [3.05, 3.63) is 47.7 Å². The smallest absolute Gasteiger partial charge is 0.223 e. The van der Waals surface area contributed by atoms with E-state index in [4.69, 9.17) is 15.2 Å². The van der Waals surface area contributed by atoms with Crippen molar-refractivity contribution in [2.75, 3.05) is 7.11 Å². The van der Waals surface area contributed by atoms with Crippen molar-refractivity contribution in [3.63, 3.8) is 0 Å². The van der Waals surface area contributed by atoms with Crippen LogP contribution in [0.25, 0.3) is 0 Å². The summed E-state index contributed by atoms with van der Waals surface area (Å²) in [6, 6.07) is 9.62. The molecule has 2 N–H and O–H groups in total. The molecule has 4 heteroatoms. The molecule has 1 aromatic carbocycles. The predicted octanol–water partition coefficient (Wildman–Crippen LogP) is 2.90. The van der Waals surface area contributed by atoms with Gasteiger partial charge in [-0.15, -0.1) is 0 Å². The van der Waals surface area contributed by atoms with E-state index in [-0.39, 0.29) is 0 Å². The SMILES string of the molecule is CCc1ccc(Oc2ncccc2CN)c(OC)c1. The Morgan fingerprint density at radius 3 is 2.74 bits per heavy atom. The van der Waals surface area contributed by atoms with Crippen LogP contribution >= 0.6 is 0 Å². The van der Waals surface area contributed by atoms with Crippen LogP contribution in [0.2, 0.25) is 0 Å². The largest absolute Gasteiger partial charge is 0.493 e. The number of hydrogen-bond donors (Lipinski definition) is 1. The fourth-order valence-electron chi connectivity index (χ4n) is 1.79. The fourth-order valence-corrected chi connectivity index (χ4v) is 1.79. The van der Waals surface area contributed by atoms with Crippen molar-refractivity contribution >= 4 is 0 Å². The van der Waals surface area contributed by atoms with Crippen LogP contribution < -0.4 is 15.2 Å². The second-order valence-corrected chi connectivity index (χ2v) is 4.11. The number of methoxy groups -OCH3 is 1. The lowest BCUT2D eigenvalue weighted by atomic mass is 10.1. The average Bonchev–Trinajstić information content (AvgIpc) is 2.48. The van der Waals surface area contributed by atoms with Gasteiger partial charge in [-0.1, -0.05) is 19.1 Å². The molecule has 0 amide bonds. The molecule has 0 aliphatic heterocycles. The maximum atomic E-state index is 5.81. The second-order valence-electron chi connectivity index (χ2n) is 4.11. The predicted molar refractivity (Wildman–Crippen MR) is 74.6 cm³/mol. The number of benzene rings is 1. The Kier molecular flexibility index (Phi) is 4.36. The number of aryl methyl sites for hydroxylation is 1. The zero-order valence-corrected chi connectivity index (χ0v) is 11.2. The standard InChI is InChI=1S/C15H18N2O2/c1-3-11-6-7-13(14(9-11)18-2)19-15-12(10-16)5-4-8-17-15/h4-9H,3,10,16H2,1-2H3. The Balaban J connectivity index is 2.32. The number of nitrogens with zero attached hydrogens (tertiary/aromatic N) is 1. The number of ether oxygens (including phenoxy) is 2. The van der Waals surface area contributed by atoms with E-state index in [1.165, 1.54) is 5.56 Å². The van der Waals surface area contributed by atoms with Gasteiger partial charge in [-0.25, -0.2) is 4.98 Å². The summed E-state index contributed by atoms with van der Waals surface area (Å²) in [5.74, 6) is 1.87. The second kappa shape index (κ2) is 6.20. The van der Waals surface area contributed by atoms with E-state index in [0.717, 1.165) is 12.0 Å². The van der Waals surface area contributed by atoms with Crippen molar-refractivity contribution in [1.29, 1.82) is 0 Å². The topological polar surface area (TPSA) is 57.4 Å². The van der Waals surface area contributed by atoms with E-state index in [2.05, 4.69) is 11.9 Å². The zero-order valence-electron chi connectivity index (χ0n) is 11.2. The molecule has 2 rings (SSSR count). The minimum absolute atomic E-state index is 0.387. The molecular formula is C15H18N2O2. The van der Waals surface area contributed by atoms with Crippen LogP contribution in [0.5, 0.6) is 17.4 Å². The van der Waals surface area contributed by atoms with Gasteiger partial charge in [0.05, 0.1) is 7.11 Å². The Bertz CT molecular complexity index is 556. The molecule has 2 aromatic rings. The summed E-state index contributed by atoms with van der Waals surface area (Å²) in [5, 5.41) is 0. The van der Waals surface area contributed by atoms with Crippen LogP contribution in [0.4, 0.5) is 0 Å². The van der Waals surface area contributed by atoms with E-state index in [0.29, 0.717) is 23.9 Å². The number of pyridine rings is 1. The number of hydrogen-bond acceptors (Lipinski definition) is 4. The molecule has 0 aliphatic rings. The van der Waals surface area contributed by atoms with Gasteiger partial charge in [0.2, 0.25) is 5.88 Å². The quantitative estimate of drug-likeness (QED) is 0.895. The first-order valence-corrected chi connectivity index (χ1v) is 6.27. The molecule has 0 atom stereocenters. The summed E-state index contributed by atoms with van der Waals surface area (Å²) < 4.78 is 11.2. The maximum absolute atomic E-state index is 5.81. The lowest BCUT2D eigenvalue weighted by molar-refractivity contribution is 0.372. The fraction of sp³-hybridized carbons (Fsp3) is 0.267. The third-order valence-corrected chi connectivity index (χ3v) is 2.91. The molecule has 100 valence electrons. The number of aromatic nitrogens is 1. The van der Waals surface area contributed by atoms with Gasteiger partial charge < -0.3 is 15.2 Å². The molecule has 0 unspecified atom stereocenters. The van der Waals surface area contributed by atoms with Crippen molar-refractivity contribution in [2.45, 2.75) is 19.9 Å². The summed E-state index contributed by atoms with van der Waals surface area (Å²) in [4.78, 5) is 4.21. The third-order valence-electron chi connectivity index (χ3n) is 2.91. The highest BCUT2D eigenvalue weighted by molar-refractivity contribution is 5.45. The molecule has 0 bridgehead atoms.